The van der Waals surface area contributed by atoms with Crippen LogP contribution in [0.1, 0.15) is 31.1 Å². The molecule has 0 fully saturated rings. The molecular formula is C24H29ClN6O6. The van der Waals surface area contributed by atoms with Gasteiger partial charge in [-0.2, -0.15) is 4.98 Å². The average Bonchev–Trinajstić information content (AvgIpc) is 2.82. The van der Waals surface area contributed by atoms with Gasteiger partial charge in [0.2, 0.25) is 17.5 Å². The number of nitro groups is 1. The number of carbonyl (C=O) groups is 1. The number of nitrogens with one attached hydrogen (secondary N) is 3. The minimum absolute atomic E-state index is 0. The van der Waals surface area contributed by atoms with Crippen molar-refractivity contribution in [2.45, 2.75) is 26.3 Å². The SMILES string of the molecule is COc1cc(Nc2ncc([N+](=O)[O-])c(Nc3ccccc3C(=O)NC(C)(C)C)n2)cc(OC)c1OC.Cl. The van der Waals surface area contributed by atoms with Crippen LogP contribution in [0.25, 0.3) is 0 Å². The lowest BCUT2D eigenvalue weighted by Crippen LogP contribution is -2.40. The monoisotopic (exact) mass is 532 g/mol. The van der Waals surface area contributed by atoms with E-state index in [1.807, 2.05) is 20.8 Å². The molecule has 3 aromatic rings. The number of hydrogen-bond acceptors (Lipinski definition) is 10. The summed E-state index contributed by atoms with van der Waals surface area (Å²) in [6.45, 7) is 5.58. The smallest absolute Gasteiger partial charge is 0.329 e. The summed E-state index contributed by atoms with van der Waals surface area (Å²) in [5.41, 5.74) is 0.313. The van der Waals surface area contributed by atoms with E-state index in [2.05, 4.69) is 25.9 Å². The lowest BCUT2D eigenvalue weighted by atomic mass is 10.1. The number of anilines is 4. The van der Waals surface area contributed by atoms with Crippen LogP contribution >= 0.6 is 12.4 Å². The minimum Gasteiger partial charge on any atom is -0.493 e. The van der Waals surface area contributed by atoms with Crippen LogP contribution in [0.2, 0.25) is 0 Å². The Kier molecular flexibility index (Phi) is 9.44. The van der Waals surface area contributed by atoms with Crippen molar-refractivity contribution < 1.29 is 23.9 Å². The van der Waals surface area contributed by atoms with Crippen molar-refractivity contribution in [3.8, 4) is 17.2 Å². The van der Waals surface area contributed by atoms with E-state index in [1.54, 1.807) is 36.4 Å². The van der Waals surface area contributed by atoms with Crippen LogP contribution in [0.4, 0.5) is 28.8 Å². The summed E-state index contributed by atoms with van der Waals surface area (Å²) in [7, 11) is 4.46. The molecule has 0 saturated carbocycles. The van der Waals surface area contributed by atoms with Gasteiger partial charge in [-0.05, 0) is 32.9 Å². The fourth-order valence-corrected chi connectivity index (χ4v) is 3.27. The second-order valence-electron chi connectivity index (χ2n) is 8.60. The van der Waals surface area contributed by atoms with E-state index in [1.165, 1.54) is 21.3 Å². The molecule has 13 heteroatoms. The summed E-state index contributed by atoms with van der Waals surface area (Å²) >= 11 is 0. The van der Waals surface area contributed by atoms with E-state index in [4.69, 9.17) is 14.2 Å². The normalized spacial score (nSPS) is 10.5. The highest BCUT2D eigenvalue weighted by molar-refractivity contribution is 6.00. The number of amides is 1. The Balaban J connectivity index is 0.00000481. The van der Waals surface area contributed by atoms with Gasteiger partial charge in [-0.3, -0.25) is 14.9 Å². The average molecular weight is 533 g/mol. The predicted molar refractivity (Wildman–Crippen MR) is 142 cm³/mol. The number of hydrogen-bond donors (Lipinski definition) is 3. The van der Waals surface area contributed by atoms with E-state index in [0.717, 1.165) is 6.20 Å². The summed E-state index contributed by atoms with van der Waals surface area (Å²) in [5.74, 6) is 0.840. The Morgan fingerprint density at radius 3 is 2.16 bits per heavy atom. The number of halogens is 1. The van der Waals surface area contributed by atoms with Crippen molar-refractivity contribution >= 4 is 47.1 Å². The maximum atomic E-state index is 12.8. The zero-order valence-electron chi connectivity index (χ0n) is 21.2. The van der Waals surface area contributed by atoms with Gasteiger partial charge in [-0.25, -0.2) is 4.98 Å². The van der Waals surface area contributed by atoms with Crippen LogP contribution < -0.4 is 30.2 Å². The van der Waals surface area contributed by atoms with E-state index in [0.29, 0.717) is 34.2 Å². The second-order valence-corrected chi connectivity index (χ2v) is 8.60. The second kappa shape index (κ2) is 12.1. The van der Waals surface area contributed by atoms with Gasteiger partial charge in [0, 0.05) is 23.4 Å². The number of benzene rings is 2. The Morgan fingerprint density at radius 1 is 1.00 bits per heavy atom. The summed E-state index contributed by atoms with van der Waals surface area (Å²) in [5, 5.41) is 20.4. The van der Waals surface area contributed by atoms with Crippen molar-refractivity contribution in [2.24, 2.45) is 0 Å². The molecule has 1 amide bonds. The molecule has 0 unspecified atom stereocenters. The first-order valence-electron chi connectivity index (χ1n) is 10.8. The van der Waals surface area contributed by atoms with E-state index < -0.39 is 10.5 Å². The third-order valence-corrected chi connectivity index (χ3v) is 4.80. The van der Waals surface area contributed by atoms with Gasteiger partial charge in [-0.15, -0.1) is 12.4 Å². The molecule has 0 bridgehead atoms. The maximum Gasteiger partial charge on any atom is 0.329 e. The fourth-order valence-electron chi connectivity index (χ4n) is 3.27. The van der Waals surface area contributed by atoms with Crippen LogP contribution in [0, 0.1) is 10.1 Å². The third kappa shape index (κ3) is 7.10. The molecule has 1 heterocycles. The highest BCUT2D eigenvalue weighted by atomic mass is 35.5. The van der Waals surface area contributed by atoms with Gasteiger partial charge in [0.15, 0.2) is 11.5 Å². The predicted octanol–water partition coefficient (Wildman–Crippen LogP) is 4.85. The molecule has 0 radical (unpaired) electrons. The summed E-state index contributed by atoms with van der Waals surface area (Å²) in [4.78, 5) is 32.2. The number of aromatic nitrogens is 2. The van der Waals surface area contributed by atoms with Crippen LogP contribution in [0.5, 0.6) is 17.2 Å². The Labute approximate surface area is 220 Å². The number of carbonyl (C=O) groups excluding carboxylic acids is 1. The number of para-hydroxylation sites is 1. The molecule has 37 heavy (non-hydrogen) atoms. The Bertz CT molecular complexity index is 1260. The molecule has 3 N–H and O–H groups in total. The first-order valence-corrected chi connectivity index (χ1v) is 10.8. The van der Waals surface area contributed by atoms with Gasteiger partial charge < -0.3 is 30.2 Å². The van der Waals surface area contributed by atoms with Crippen LogP contribution in [-0.4, -0.2) is 47.7 Å². The Hall–Kier alpha value is -4.32. The lowest BCUT2D eigenvalue weighted by Gasteiger charge is -2.21. The van der Waals surface area contributed by atoms with E-state index in [9.17, 15) is 14.9 Å². The highest BCUT2D eigenvalue weighted by Crippen LogP contribution is 2.40. The van der Waals surface area contributed by atoms with Gasteiger partial charge in [-0.1, -0.05) is 12.1 Å². The number of methoxy groups -OCH3 is 3. The Morgan fingerprint density at radius 2 is 1.62 bits per heavy atom. The van der Waals surface area contributed by atoms with Crippen molar-refractivity contribution in [3.05, 3.63) is 58.3 Å². The molecule has 1 aromatic heterocycles. The molecule has 0 saturated heterocycles. The highest BCUT2D eigenvalue weighted by Gasteiger charge is 2.22. The van der Waals surface area contributed by atoms with Crippen LogP contribution in [0.15, 0.2) is 42.6 Å². The molecule has 2 aromatic carbocycles. The van der Waals surface area contributed by atoms with Crippen molar-refractivity contribution in [2.75, 3.05) is 32.0 Å². The van der Waals surface area contributed by atoms with Crippen molar-refractivity contribution in [3.63, 3.8) is 0 Å². The molecule has 3 rings (SSSR count). The van der Waals surface area contributed by atoms with Gasteiger partial charge in [0.25, 0.3) is 5.91 Å². The number of rotatable bonds is 9. The van der Waals surface area contributed by atoms with Crippen LogP contribution in [-0.2, 0) is 0 Å². The summed E-state index contributed by atoms with van der Waals surface area (Å²) in [6.07, 6.45) is 1.08. The van der Waals surface area contributed by atoms with E-state index >= 15 is 0 Å². The van der Waals surface area contributed by atoms with Gasteiger partial charge >= 0.3 is 5.69 Å². The fraction of sp³-hybridized carbons (Fsp3) is 0.292. The van der Waals surface area contributed by atoms with Crippen molar-refractivity contribution in [1.82, 2.24) is 15.3 Å². The molecule has 0 atom stereocenters. The number of ether oxygens (including phenoxy) is 3. The van der Waals surface area contributed by atoms with Crippen LogP contribution in [0.3, 0.4) is 0 Å². The number of nitrogens with zero attached hydrogens (tertiary/aromatic N) is 3. The molecule has 0 aliphatic rings. The van der Waals surface area contributed by atoms with Gasteiger partial charge in [0.05, 0.1) is 37.5 Å². The van der Waals surface area contributed by atoms with E-state index in [-0.39, 0.29) is 35.8 Å². The quantitative estimate of drug-likeness (QED) is 0.258. The first kappa shape index (κ1) is 28.9. The topological polar surface area (TPSA) is 150 Å². The zero-order chi connectivity index (χ0) is 26.5. The molecule has 198 valence electrons. The molecule has 0 spiro atoms. The molecule has 0 aliphatic carbocycles. The third-order valence-electron chi connectivity index (χ3n) is 4.80. The molecule has 12 nitrogen and oxygen atoms in total. The maximum absolute atomic E-state index is 12.8. The largest absolute Gasteiger partial charge is 0.493 e. The standard InChI is InChI=1S/C24H28N6O6.ClH/c1-24(2,3)29-22(31)15-9-7-8-10-16(15)27-21-17(30(32)33)13-25-23(28-21)26-14-11-18(34-4)20(36-6)19(12-14)35-5;/h7-13H,1-6H3,(H,29,31)(H2,25,26,27,28);1H. The first-order chi connectivity index (χ1) is 17.1. The lowest BCUT2D eigenvalue weighted by molar-refractivity contribution is -0.384. The molecule has 0 aliphatic heterocycles. The van der Waals surface area contributed by atoms with Crippen molar-refractivity contribution in [1.29, 1.82) is 0 Å². The summed E-state index contributed by atoms with van der Waals surface area (Å²) < 4.78 is 16.0. The molecular weight excluding hydrogens is 504 g/mol. The van der Waals surface area contributed by atoms with Gasteiger partial charge in [0.1, 0.15) is 6.20 Å². The minimum atomic E-state index is -0.608. The zero-order valence-corrected chi connectivity index (χ0v) is 22.1. The summed E-state index contributed by atoms with van der Waals surface area (Å²) in [6, 6.07) is 9.95.